The summed E-state index contributed by atoms with van der Waals surface area (Å²) in [4.78, 5) is 75.2. The first kappa shape index (κ1) is 45.2. The van der Waals surface area contributed by atoms with Gasteiger partial charge in [0.15, 0.2) is 17.7 Å². The van der Waals surface area contributed by atoms with Crippen LogP contribution in [0.1, 0.15) is 26.5 Å². The molecule has 0 radical (unpaired) electrons. The fourth-order valence-corrected chi connectivity index (χ4v) is 8.09. The van der Waals surface area contributed by atoms with E-state index in [1.54, 1.807) is 0 Å². The lowest BCUT2D eigenvalue weighted by Gasteiger charge is -2.30. The van der Waals surface area contributed by atoms with Crippen LogP contribution in [-0.2, 0) is 45.9 Å². The lowest BCUT2D eigenvalue weighted by molar-refractivity contribution is -0.137. The van der Waals surface area contributed by atoms with E-state index in [9.17, 15) is 58.2 Å². The Balaban J connectivity index is 1.51. The van der Waals surface area contributed by atoms with Gasteiger partial charge < -0.3 is 61.1 Å². The number of carbonyl (C=O) groups is 2. The molecule has 0 aromatic carbocycles. The average Bonchev–Trinajstić information content (AvgIpc) is 3.62. The second kappa shape index (κ2) is 19.1. The fourth-order valence-electron chi connectivity index (χ4n) is 4.47. The van der Waals surface area contributed by atoms with E-state index in [1.165, 1.54) is 25.6 Å². The van der Waals surface area contributed by atoms with Crippen LogP contribution in [0.15, 0.2) is 12.7 Å². The Bertz CT molecular complexity index is 1700. The van der Waals surface area contributed by atoms with Crippen LogP contribution in [0.5, 0.6) is 0 Å². The Hall–Kier alpha value is -2.19. The minimum absolute atomic E-state index is 0.0288. The van der Waals surface area contributed by atoms with Crippen LogP contribution in [0.4, 0.5) is 5.82 Å². The standard InChI is InChI=1S/C24H42N7O18P3S/c1-24(2,19(36)22(37)27-4-3-15(34)26-5-6-53-9-13(33)7-32)10-46-52(43,44)49-51(41,42)45-8-14-18(48-50(38,39)40)17(35)23(47-14)31-12-30-16-20(25)28-11-29-21(16)31/h11-14,17-19,23,32-33,35-36H,3-10H2,1-2H3,(H,26,34)(H,27,37)(H,41,42)(H,43,44)(H2,25,28,29)(H2,38,39,40)/t13?,14-,17-,18-,19+,23-/m1/s1. The smallest absolute Gasteiger partial charge is 0.394 e. The van der Waals surface area contributed by atoms with E-state index in [0.29, 0.717) is 5.75 Å². The topological polar surface area (TPSA) is 387 Å². The molecule has 3 unspecified atom stereocenters. The van der Waals surface area contributed by atoms with Crippen LogP contribution in [0.25, 0.3) is 11.2 Å². The first-order valence-electron chi connectivity index (χ1n) is 15.3. The molecule has 0 saturated carbocycles. The first-order valence-corrected chi connectivity index (χ1v) is 21.0. The van der Waals surface area contributed by atoms with Gasteiger partial charge in [-0.1, -0.05) is 13.8 Å². The molecule has 3 rings (SSSR count). The minimum Gasteiger partial charge on any atom is -0.394 e. The number of hydrogen-bond donors (Lipinski definition) is 11. The molecule has 2 amide bonds. The molecule has 302 valence electrons. The Morgan fingerprint density at radius 2 is 1.75 bits per heavy atom. The van der Waals surface area contributed by atoms with Crippen LogP contribution >= 0.6 is 35.2 Å². The molecule has 8 atom stereocenters. The zero-order valence-corrected chi connectivity index (χ0v) is 31.6. The van der Waals surface area contributed by atoms with E-state index >= 15 is 0 Å². The third-order valence-corrected chi connectivity index (χ3v) is 11.4. The van der Waals surface area contributed by atoms with Crippen molar-refractivity contribution >= 4 is 64.0 Å². The van der Waals surface area contributed by atoms with Gasteiger partial charge in [0.1, 0.15) is 36.3 Å². The van der Waals surface area contributed by atoms with E-state index in [-0.39, 0.29) is 48.9 Å². The number of rotatable bonds is 22. The summed E-state index contributed by atoms with van der Waals surface area (Å²) in [5.74, 6) is -0.698. The van der Waals surface area contributed by atoms with Gasteiger partial charge in [-0.05, 0) is 0 Å². The maximum absolute atomic E-state index is 12.6. The van der Waals surface area contributed by atoms with Gasteiger partial charge in [0, 0.05) is 36.4 Å². The highest BCUT2D eigenvalue weighted by molar-refractivity contribution is 7.99. The lowest BCUT2D eigenvalue weighted by atomic mass is 9.87. The quantitative estimate of drug-likeness (QED) is 0.0431. The van der Waals surface area contributed by atoms with Crippen molar-refractivity contribution in [2.75, 3.05) is 50.1 Å². The molecule has 0 spiro atoms. The number of amides is 2. The van der Waals surface area contributed by atoms with Crippen LogP contribution in [0.3, 0.4) is 0 Å². The molecule has 1 fully saturated rings. The van der Waals surface area contributed by atoms with Gasteiger partial charge in [-0.15, -0.1) is 0 Å². The van der Waals surface area contributed by atoms with Crippen LogP contribution < -0.4 is 16.4 Å². The summed E-state index contributed by atoms with van der Waals surface area (Å²) in [7, 11) is -16.4. The average molecular weight is 842 g/mol. The van der Waals surface area contributed by atoms with Crippen molar-refractivity contribution < 1.29 is 85.9 Å². The van der Waals surface area contributed by atoms with Gasteiger partial charge in [-0.2, -0.15) is 16.1 Å². The summed E-state index contributed by atoms with van der Waals surface area (Å²) in [5, 5.41) is 44.3. The van der Waals surface area contributed by atoms with Crippen molar-refractivity contribution in [1.29, 1.82) is 0 Å². The van der Waals surface area contributed by atoms with E-state index in [1.807, 2.05) is 0 Å². The summed E-state index contributed by atoms with van der Waals surface area (Å²) < 4.78 is 61.9. The molecule has 3 heterocycles. The van der Waals surface area contributed by atoms with E-state index < -0.39 is 90.7 Å². The van der Waals surface area contributed by atoms with Crippen LogP contribution in [0.2, 0.25) is 0 Å². The van der Waals surface area contributed by atoms with Gasteiger partial charge >= 0.3 is 23.5 Å². The number of imidazole rings is 1. The highest BCUT2D eigenvalue weighted by atomic mass is 32.2. The molecule has 1 aliphatic rings. The van der Waals surface area contributed by atoms with Crippen molar-refractivity contribution in [2.24, 2.45) is 5.41 Å². The second-order valence-electron chi connectivity index (χ2n) is 12.0. The number of fused-ring (bicyclic) bond motifs is 1. The van der Waals surface area contributed by atoms with Gasteiger partial charge in [0.25, 0.3) is 0 Å². The second-order valence-corrected chi connectivity index (χ2v) is 17.4. The third-order valence-electron chi connectivity index (χ3n) is 7.17. The van der Waals surface area contributed by atoms with Crippen molar-refractivity contribution in [2.45, 2.75) is 57.0 Å². The largest absolute Gasteiger partial charge is 0.481 e. The highest BCUT2D eigenvalue weighted by Gasteiger charge is 2.50. The molecule has 0 bridgehead atoms. The molecule has 1 aliphatic heterocycles. The number of aliphatic hydroxyl groups is 4. The molecule has 53 heavy (non-hydrogen) atoms. The summed E-state index contributed by atoms with van der Waals surface area (Å²) in [6.07, 6.45) is -7.77. The SMILES string of the molecule is CC(C)(COP(=O)(O)OP(=O)(O)OC[C@H]1O[C@@H](n2cnc3c(N)ncnc32)[C@H](O)[C@@H]1OP(=O)(O)O)[C@@H](O)C(=O)NCCC(=O)NCCSCC(O)CO. The number of nitrogens with one attached hydrogen (secondary N) is 2. The molecular weight excluding hydrogens is 799 g/mol. The van der Waals surface area contributed by atoms with Crippen molar-refractivity contribution in [3.63, 3.8) is 0 Å². The Morgan fingerprint density at radius 3 is 2.42 bits per heavy atom. The van der Waals surface area contributed by atoms with Crippen molar-refractivity contribution in [3.05, 3.63) is 12.7 Å². The van der Waals surface area contributed by atoms with Crippen molar-refractivity contribution in [3.8, 4) is 0 Å². The van der Waals surface area contributed by atoms with Gasteiger partial charge in [-0.25, -0.2) is 28.6 Å². The number of nitrogen functional groups attached to an aromatic ring is 1. The lowest BCUT2D eigenvalue weighted by Crippen LogP contribution is -2.46. The maximum Gasteiger partial charge on any atom is 0.481 e. The summed E-state index contributed by atoms with van der Waals surface area (Å²) in [6, 6.07) is 0. The Labute approximate surface area is 305 Å². The number of nitrogens with zero attached hydrogens (tertiary/aromatic N) is 4. The zero-order chi connectivity index (χ0) is 39.8. The van der Waals surface area contributed by atoms with E-state index in [0.717, 1.165) is 17.2 Å². The number of aliphatic hydroxyl groups excluding tert-OH is 4. The van der Waals surface area contributed by atoms with Crippen molar-refractivity contribution in [1.82, 2.24) is 30.2 Å². The molecule has 0 aliphatic carbocycles. The molecule has 12 N–H and O–H groups in total. The zero-order valence-electron chi connectivity index (χ0n) is 28.1. The van der Waals surface area contributed by atoms with Gasteiger partial charge in [-0.3, -0.25) is 27.7 Å². The number of phosphoric acid groups is 3. The Morgan fingerprint density at radius 1 is 1.08 bits per heavy atom. The fraction of sp³-hybridized carbons (Fsp3) is 0.708. The van der Waals surface area contributed by atoms with Gasteiger partial charge in [0.05, 0.1) is 32.3 Å². The number of carbonyl (C=O) groups excluding carboxylic acids is 2. The number of anilines is 1. The molecule has 2 aromatic rings. The summed E-state index contributed by atoms with van der Waals surface area (Å²) >= 11 is 1.31. The number of ether oxygens (including phenoxy) is 1. The third kappa shape index (κ3) is 13.8. The molecule has 25 nitrogen and oxygen atoms in total. The van der Waals surface area contributed by atoms with E-state index in [2.05, 4.69) is 34.4 Å². The summed E-state index contributed by atoms with van der Waals surface area (Å²) in [6.45, 7) is 0.166. The summed E-state index contributed by atoms with van der Waals surface area (Å²) in [5.41, 5.74) is 4.25. The monoisotopic (exact) mass is 841 g/mol. The van der Waals surface area contributed by atoms with E-state index in [4.69, 9.17) is 24.6 Å². The van der Waals surface area contributed by atoms with Crippen LogP contribution in [-0.4, -0.2) is 146 Å². The predicted molar refractivity (Wildman–Crippen MR) is 180 cm³/mol. The highest BCUT2D eigenvalue weighted by Crippen LogP contribution is 2.61. The normalized spacial score (nSPS) is 22.9. The molecule has 2 aromatic heterocycles. The number of nitrogens with two attached hydrogens (primary N) is 1. The molecular formula is C24H42N7O18P3S. The molecule has 1 saturated heterocycles. The number of aromatic nitrogens is 4. The minimum atomic E-state index is -5.56. The molecule has 29 heteroatoms. The number of hydrogen-bond acceptors (Lipinski definition) is 19. The first-order chi connectivity index (χ1) is 24.6. The Kier molecular flexibility index (Phi) is 16.3. The van der Waals surface area contributed by atoms with Crippen LogP contribution in [0, 0.1) is 5.41 Å². The van der Waals surface area contributed by atoms with Gasteiger partial charge in [0.2, 0.25) is 11.8 Å². The predicted octanol–water partition coefficient (Wildman–Crippen LogP) is -2.51. The maximum atomic E-state index is 12.6. The number of thioether (sulfide) groups is 1. The number of phosphoric ester groups is 3.